The molecule has 0 amide bonds. The molecule has 3 nitrogen and oxygen atoms in total. The second-order valence-electron chi connectivity index (χ2n) is 2.71. The van der Waals surface area contributed by atoms with Gasteiger partial charge in [-0.15, -0.1) is 0 Å². The average Bonchev–Trinajstić information content (AvgIpc) is 2.64. The highest BCUT2D eigenvalue weighted by Gasteiger charge is 2.48. The van der Waals surface area contributed by atoms with E-state index in [-0.39, 0.29) is 12.2 Å². The summed E-state index contributed by atoms with van der Waals surface area (Å²) in [5.74, 6) is 0. The van der Waals surface area contributed by atoms with Gasteiger partial charge in [-0.05, 0) is 19.3 Å². The molecule has 0 bridgehead atoms. The number of hydrogen-bond donors (Lipinski definition) is 1. The second kappa shape index (κ2) is 1.94. The maximum Gasteiger partial charge on any atom is 0.121 e. The molecule has 3 heteroatoms. The van der Waals surface area contributed by atoms with Crippen LogP contribution in [-0.2, 0) is 9.62 Å². The summed E-state index contributed by atoms with van der Waals surface area (Å²) in [7, 11) is 0. The molecule has 1 heterocycles. The number of hydrogen-bond acceptors (Lipinski definition) is 3. The van der Waals surface area contributed by atoms with Gasteiger partial charge in [0.05, 0.1) is 6.10 Å². The van der Waals surface area contributed by atoms with Crippen LogP contribution in [0.2, 0.25) is 0 Å². The quantitative estimate of drug-likeness (QED) is 0.324. The zero-order chi connectivity index (χ0) is 6.27. The van der Waals surface area contributed by atoms with Crippen LogP contribution in [0, 0.1) is 0 Å². The highest BCUT2D eigenvalue weighted by Crippen LogP contribution is 2.37. The third kappa shape index (κ3) is 0.852. The van der Waals surface area contributed by atoms with Gasteiger partial charge in [0.15, 0.2) is 0 Å². The number of rotatable bonds is 1. The molecule has 1 saturated carbocycles. The van der Waals surface area contributed by atoms with Gasteiger partial charge in [-0.1, -0.05) is 0 Å². The Labute approximate surface area is 53.5 Å². The van der Waals surface area contributed by atoms with E-state index in [0.717, 1.165) is 19.3 Å². The van der Waals surface area contributed by atoms with Crippen molar-refractivity contribution in [2.75, 3.05) is 0 Å². The highest BCUT2D eigenvalue weighted by molar-refractivity contribution is 4.94. The van der Waals surface area contributed by atoms with Crippen molar-refractivity contribution in [2.45, 2.75) is 37.6 Å². The van der Waals surface area contributed by atoms with Crippen LogP contribution in [-0.4, -0.2) is 23.6 Å². The first-order valence-corrected chi connectivity index (χ1v) is 3.37. The van der Waals surface area contributed by atoms with Gasteiger partial charge in [0.1, 0.15) is 12.2 Å². The van der Waals surface area contributed by atoms with Crippen molar-refractivity contribution < 1.29 is 14.9 Å². The van der Waals surface area contributed by atoms with E-state index in [1.165, 1.54) is 0 Å². The van der Waals surface area contributed by atoms with Crippen molar-refractivity contribution >= 4 is 0 Å². The van der Waals surface area contributed by atoms with Crippen LogP contribution in [0.3, 0.4) is 0 Å². The van der Waals surface area contributed by atoms with E-state index < -0.39 is 0 Å². The van der Waals surface area contributed by atoms with Crippen LogP contribution in [0.4, 0.5) is 0 Å². The average molecular weight is 130 g/mol. The summed E-state index contributed by atoms with van der Waals surface area (Å²) in [6.45, 7) is 0. The summed E-state index contributed by atoms with van der Waals surface area (Å²) >= 11 is 0. The summed E-state index contributed by atoms with van der Waals surface area (Å²) in [4.78, 5) is 4.22. The first-order valence-electron chi connectivity index (χ1n) is 3.37. The van der Waals surface area contributed by atoms with Crippen molar-refractivity contribution in [2.24, 2.45) is 0 Å². The Morgan fingerprint density at radius 1 is 1.44 bits per heavy atom. The molecule has 2 fully saturated rings. The lowest BCUT2D eigenvalue weighted by Gasteiger charge is -2.13. The van der Waals surface area contributed by atoms with E-state index in [0.29, 0.717) is 6.10 Å². The molecule has 52 valence electrons. The normalized spacial score (nSPS) is 48.3. The van der Waals surface area contributed by atoms with Crippen LogP contribution in [0.25, 0.3) is 0 Å². The molecule has 2 aliphatic rings. The fraction of sp³-hybridized carbons (Fsp3) is 1.00. The molecule has 2 rings (SSSR count). The van der Waals surface area contributed by atoms with Gasteiger partial charge in [0, 0.05) is 0 Å². The third-order valence-corrected chi connectivity index (χ3v) is 2.10. The summed E-state index contributed by atoms with van der Waals surface area (Å²) in [5.41, 5.74) is 0. The molecule has 0 radical (unpaired) electrons. The van der Waals surface area contributed by atoms with Gasteiger partial charge in [-0.3, -0.25) is 5.26 Å². The lowest BCUT2D eigenvalue weighted by molar-refractivity contribution is -0.284. The lowest BCUT2D eigenvalue weighted by Crippen LogP contribution is -2.23. The Morgan fingerprint density at radius 3 is 3.00 bits per heavy atom. The van der Waals surface area contributed by atoms with Gasteiger partial charge >= 0.3 is 0 Å². The molecule has 1 aliphatic heterocycles. The van der Waals surface area contributed by atoms with Gasteiger partial charge < -0.3 is 4.74 Å². The molecule has 1 N–H and O–H groups in total. The van der Waals surface area contributed by atoms with Gasteiger partial charge in [-0.25, -0.2) is 4.89 Å². The van der Waals surface area contributed by atoms with Crippen molar-refractivity contribution in [1.29, 1.82) is 0 Å². The fourth-order valence-electron chi connectivity index (χ4n) is 1.51. The van der Waals surface area contributed by atoms with Crippen molar-refractivity contribution in [1.82, 2.24) is 0 Å². The Bertz CT molecular complexity index is 115. The molecule has 0 aromatic carbocycles. The van der Waals surface area contributed by atoms with E-state index in [1.54, 1.807) is 0 Å². The monoisotopic (exact) mass is 130 g/mol. The Morgan fingerprint density at radius 2 is 2.33 bits per heavy atom. The van der Waals surface area contributed by atoms with Crippen LogP contribution in [0.1, 0.15) is 19.3 Å². The summed E-state index contributed by atoms with van der Waals surface area (Å²) < 4.78 is 5.20. The maximum atomic E-state index is 8.31. The van der Waals surface area contributed by atoms with Crippen molar-refractivity contribution in [3.63, 3.8) is 0 Å². The molecule has 1 saturated heterocycles. The van der Waals surface area contributed by atoms with E-state index in [2.05, 4.69) is 4.89 Å². The minimum atomic E-state index is -0.0382. The smallest absolute Gasteiger partial charge is 0.121 e. The molecular formula is C6H10O3. The van der Waals surface area contributed by atoms with E-state index >= 15 is 0 Å². The Hall–Kier alpha value is -0.120. The molecule has 0 aromatic rings. The second-order valence-corrected chi connectivity index (χ2v) is 2.71. The standard InChI is InChI=1S/C6H10O3/c7-9-5-3-1-2-4-6(5)8-4/h4-7H,1-3H2. The van der Waals surface area contributed by atoms with E-state index in [4.69, 9.17) is 9.99 Å². The first kappa shape index (κ1) is 5.65. The van der Waals surface area contributed by atoms with Gasteiger partial charge in [0.25, 0.3) is 0 Å². The minimum Gasteiger partial charge on any atom is -0.367 e. The molecule has 9 heavy (non-hydrogen) atoms. The van der Waals surface area contributed by atoms with Crippen LogP contribution < -0.4 is 0 Å². The van der Waals surface area contributed by atoms with E-state index in [9.17, 15) is 0 Å². The molecule has 1 aliphatic carbocycles. The third-order valence-electron chi connectivity index (χ3n) is 2.10. The van der Waals surface area contributed by atoms with Gasteiger partial charge in [-0.2, -0.15) is 0 Å². The summed E-state index contributed by atoms with van der Waals surface area (Å²) in [5, 5.41) is 8.31. The van der Waals surface area contributed by atoms with Crippen LogP contribution in [0.15, 0.2) is 0 Å². The molecule has 0 spiro atoms. The summed E-state index contributed by atoms with van der Waals surface area (Å²) in [6.07, 6.45) is 3.78. The predicted molar refractivity (Wildman–Crippen MR) is 30.0 cm³/mol. The SMILES string of the molecule is OOC1CCCC2OC12. The Kier molecular flexibility index (Phi) is 1.22. The van der Waals surface area contributed by atoms with E-state index in [1.807, 2.05) is 0 Å². The maximum absolute atomic E-state index is 8.31. The number of epoxide rings is 1. The number of fused-ring (bicyclic) bond motifs is 1. The number of ether oxygens (including phenoxy) is 1. The van der Waals surface area contributed by atoms with Crippen molar-refractivity contribution in [3.8, 4) is 0 Å². The minimum absolute atomic E-state index is 0.0382. The lowest BCUT2D eigenvalue weighted by atomic mass is 9.98. The first-order chi connectivity index (χ1) is 4.42. The van der Waals surface area contributed by atoms with Gasteiger partial charge in [0.2, 0.25) is 0 Å². The zero-order valence-electron chi connectivity index (χ0n) is 5.12. The largest absolute Gasteiger partial charge is 0.367 e. The molecule has 3 unspecified atom stereocenters. The molecular weight excluding hydrogens is 120 g/mol. The Balaban J connectivity index is 1.93. The fourth-order valence-corrected chi connectivity index (χ4v) is 1.51. The van der Waals surface area contributed by atoms with Crippen molar-refractivity contribution in [3.05, 3.63) is 0 Å². The molecule has 3 atom stereocenters. The highest BCUT2D eigenvalue weighted by atomic mass is 17.1. The van der Waals surface area contributed by atoms with Crippen LogP contribution in [0.5, 0.6) is 0 Å². The summed E-state index contributed by atoms with van der Waals surface area (Å²) in [6, 6.07) is 0. The van der Waals surface area contributed by atoms with Crippen LogP contribution >= 0.6 is 0 Å². The molecule has 0 aromatic heterocycles. The predicted octanol–water partition coefficient (Wildman–Crippen LogP) is 0.796. The topological polar surface area (TPSA) is 42.0 Å². The zero-order valence-corrected chi connectivity index (χ0v) is 5.12.